The zero-order chi connectivity index (χ0) is 13.3. The van der Waals surface area contributed by atoms with Crippen LogP contribution in [-0.4, -0.2) is 15.7 Å². The lowest BCUT2D eigenvalue weighted by molar-refractivity contribution is 0.100. The Labute approximate surface area is 100 Å². The van der Waals surface area contributed by atoms with Gasteiger partial charge in [0.25, 0.3) is 5.91 Å². The molecule has 18 heavy (non-hydrogen) atoms. The Morgan fingerprint density at radius 2 is 2.00 bits per heavy atom. The Morgan fingerprint density at radius 1 is 1.39 bits per heavy atom. The molecule has 0 unspecified atom stereocenters. The molecular formula is C11H6F2N4O. The van der Waals surface area contributed by atoms with Crippen LogP contribution in [0, 0.1) is 23.0 Å². The number of aromatic nitrogens is 2. The minimum atomic E-state index is -0.953. The topological polar surface area (TPSA) is 84.7 Å². The third-order valence-electron chi connectivity index (χ3n) is 2.24. The first-order chi connectivity index (χ1) is 8.52. The summed E-state index contributed by atoms with van der Waals surface area (Å²) < 4.78 is 28.1. The van der Waals surface area contributed by atoms with Crippen molar-refractivity contribution >= 4 is 5.91 Å². The summed E-state index contributed by atoms with van der Waals surface area (Å²) in [5, 5.41) is 12.2. The van der Waals surface area contributed by atoms with Crippen molar-refractivity contribution in [3.05, 3.63) is 47.3 Å². The van der Waals surface area contributed by atoms with Gasteiger partial charge in [0, 0.05) is 6.20 Å². The van der Waals surface area contributed by atoms with Gasteiger partial charge < -0.3 is 5.73 Å². The van der Waals surface area contributed by atoms with Crippen molar-refractivity contribution in [2.75, 3.05) is 0 Å². The van der Waals surface area contributed by atoms with Gasteiger partial charge in [-0.25, -0.2) is 13.5 Å². The van der Waals surface area contributed by atoms with Crippen LogP contribution in [0.4, 0.5) is 8.78 Å². The second-order valence-corrected chi connectivity index (χ2v) is 3.44. The molecule has 0 atom stereocenters. The number of halogens is 2. The van der Waals surface area contributed by atoms with E-state index in [4.69, 9.17) is 11.0 Å². The monoisotopic (exact) mass is 248 g/mol. The lowest BCUT2D eigenvalue weighted by Gasteiger charge is -2.04. The third-order valence-corrected chi connectivity index (χ3v) is 2.24. The van der Waals surface area contributed by atoms with E-state index in [9.17, 15) is 13.6 Å². The molecule has 2 rings (SSSR count). The van der Waals surface area contributed by atoms with Gasteiger partial charge in [0.2, 0.25) is 0 Å². The van der Waals surface area contributed by atoms with Crippen LogP contribution in [0.1, 0.15) is 15.9 Å². The van der Waals surface area contributed by atoms with Crippen LogP contribution in [0.2, 0.25) is 0 Å². The third kappa shape index (κ3) is 1.91. The molecule has 1 aromatic heterocycles. The largest absolute Gasteiger partial charge is 0.366 e. The molecule has 2 N–H and O–H groups in total. The maximum Gasteiger partial charge on any atom is 0.251 e. The van der Waals surface area contributed by atoms with E-state index in [0.29, 0.717) is 0 Å². The molecule has 0 fully saturated rings. The molecule has 0 radical (unpaired) electrons. The summed E-state index contributed by atoms with van der Waals surface area (Å²) in [5.74, 6) is -2.66. The number of amides is 1. The molecule has 0 spiro atoms. The Balaban J connectivity index is 2.57. The van der Waals surface area contributed by atoms with Crippen LogP contribution in [0.15, 0.2) is 24.5 Å². The highest BCUT2D eigenvalue weighted by molar-refractivity contribution is 5.92. The summed E-state index contributed by atoms with van der Waals surface area (Å²) in [6.07, 6.45) is 2.20. The van der Waals surface area contributed by atoms with E-state index in [2.05, 4.69) is 5.10 Å². The van der Waals surface area contributed by atoms with Crippen molar-refractivity contribution < 1.29 is 13.6 Å². The highest BCUT2D eigenvalue weighted by Crippen LogP contribution is 2.19. The SMILES string of the molecule is N#Cc1cc(F)c(-n2cc(C(N)=O)cn2)c(F)c1. The molecule has 0 aliphatic carbocycles. The minimum Gasteiger partial charge on any atom is -0.366 e. The van der Waals surface area contributed by atoms with Gasteiger partial charge in [0.05, 0.1) is 23.4 Å². The van der Waals surface area contributed by atoms with Gasteiger partial charge in [-0.2, -0.15) is 10.4 Å². The van der Waals surface area contributed by atoms with Gasteiger partial charge in [0.1, 0.15) is 5.69 Å². The van der Waals surface area contributed by atoms with E-state index in [0.717, 1.165) is 29.2 Å². The average Bonchev–Trinajstić information content (AvgIpc) is 2.77. The zero-order valence-corrected chi connectivity index (χ0v) is 8.89. The molecule has 0 saturated carbocycles. The Kier molecular flexibility index (Phi) is 2.77. The predicted molar refractivity (Wildman–Crippen MR) is 56.7 cm³/mol. The number of primary amides is 1. The van der Waals surface area contributed by atoms with Gasteiger partial charge in [-0.05, 0) is 12.1 Å². The molecule has 0 saturated heterocycles. The lowest BCUT2D eigenvalue weighted by Crippen LogP contribution is -2.09. The van der Waals surface area contributed by atoms with Crippen LogP contribution in [0.5, 0.6) is 0 Å². The van der Waals surface area contributed by atoms with Gasteiger partial charge in [-0.15, -0.1) is 0 Å². The highest BCUT2D eigenvalue weighted by atomic mass is 19.1. The van der Waals surface area contributed by atoms with Crippen molar-refractivity contribution in [3.63, 3.8) is 0 Å². The van der Waals surface area contributed by atoms with Crippen LogP contribution in [0.25, 0.3) is 5.69 Å². The number of hydrogen-bond donors (Lipinski definition) is 1. The number of nitrogens with zero attached hydrogens (tertiary/aromatic N) is 3. The fraction of sp³-hybridized carbons (Fsp3) is 0. The Hall–Kier alpha value is -2.75. The van der Waals surface area contributed by atoms with Crippen molar-refractivity contribution in [2.24, 2.45) is 5.73 Å². The van der Waals surface area contributed by atoms with Crippen LogP contribution in [0.3, 0.4) is 0 Å². The van der Waals surface area contributed by atoms with Crippen molar-refractivity contribution in [1.82, 2.24) is 9.78 Å². The smallest absolute Gasteiger partial charge is 0.251 e. The first kappa shape index (κ1) is 11.7. The van der Waals surface area contributed by atoms with Crippen LogP contribution < -0.4 is 5.73 Å². The molecule has 2 aromatic rings. The van der Waals surface area contributed by atoms with Gasteiger partial charge in [-0.1, -0.05) is 0 Å². The fourth-order valence-electron chi connectivity index (χ4n) is 1.42. The van der Waals surface area contributed by atoms with E-state index in [1.54, 1.807) is 6.07 Å². The molecule has 7 heteroatoms. The zero-order valence-electron chi connectivity index (χ0n) is 8.89. The lowest BCUT2D eigenvalue weighted by atomic mass is 10.2. The number of hydrogen-bond acceptors (Lipinski definition) is 3. The molecule has 0 aliphatic rings. The molecule has 1 amide bonds. The maximum absolute atomic E-state index is 13.6. The second-order valence-electron chi connectivity index (χ2n) is 3.44. The molecule has 5 nitrogen and oxygen atoms in total. The molecule has 0 bridgehead atoms. The summed E-state index contributed by atoms with van der Waals surface area (Å²) in [6.45, 7) is 0. The summed E-state index contributed by atoms with van der Waals surface area (Å²) in [5.41, 5.74) is 4.42. The van der Waals surface area contributed by atoms with Gasteiger partial charge in [-0.3, -0.25) is 4.79 Å². The minimum absolute atomic E-state index is 0.0261. The Bertz CT molecular complexity index is 649. The maximum atomic E-state index is 13.6. The fourth-order valence-corrected chi connectivity index (χ4v) is 1.42. The predicted octanol–water partition coefficient (Wildman–Crippen LogP) is 1.12. The second kappa shape index (κ2) is 4.25. The van der Waals surface area contributed by atoms with E-state index in [-0.39, 0.29) is 11.1 Å². The standard InChI is InChI=1S/C11H6F2N4O/c12-8-1-6(3-14)2-9(13)10(8)17-5-7(4-16-17)11(15)18/h1-2,4-5H,(H2,15,18). The summed E-state index contributed by atoms with van der Waals surface area (Å²) in [7, 11) is 0. The summed E-state index contributed by atoms with van der Waals surface area (Å²) in [6, 6.07) is 3.38. The number of nitrogens with two attached hydrogens (primary N) is 1. The molecule has 1 aromatic carbocycles. The molecule has 1 heterocycles. The van der Waals surface area contributed by atoms with E-state index in [1.807, 2.05) is 0 Å². The first-order valence-electron chi connectivity index (χ1n) is 4.77. The van der Waals surface area contributed by atoms with E-state index in [1.165, 1.54) is 0 Å². The van der Waals surface area contributed by atoms with Crippen molar-refractivity contribution in [1.29, 1.82) is 5.26 Å². The van der Waals surface area contributed by atoms with E-state index >= 15 is 0 Å². The van der Waals surface area contributed by atoms with Crippen LogP contribution >= 0.6 is 0 Å². The number of nitriles is 1. The van der Waals surface area contributed by atoms with Crippen molar-refractivity contribution in [2.45, 2.75) is 0 Å². The number of benzene rings is 1. The average molecular weight is 248 g/mol. The van der Waals surface area contributed by atoms with Gasteiger partial charge >= 0.3 is 0 Å². The normalized spacial score (nSPS) is 10.1. The summed E-state index contributed by atoms with van der Waals surface area (Å²) in [4.78, 5) is 10.9. The number of rotatable bonds is 2. The number of carbonyl (C=O) groups is 1. The molecule has 0 aliphatic heterocycles. The van der Waals surface area contributed by atoms with Crippen LogP contribution in [-0.2, 0) is 0 Å². The summed E-state index contributed by atoms with van der Waals surface area (Å²) >= 11 is 0. The molecular weight excluding hydrogens is 242 g/mol. The highest BCUT2D eigenvalue weighted by Gasteiger charge is 2.15. The quantitative estimate of drug-likeness (QED) is 0.864. The Morgan fingerprint density at radius 3 is 2.44 bits per heavy atom. The number of carbonyl (C=O) groups excluding carboxylic acids is 1. The van der Waals surface area contributed by atoms with Crippen molar-refractivity contribution in [3.8, 4) is 11.8 Å². The first-order valence-corrected chi connectivity index (χ1v) is 4.77. The van der Waals surface area contributed by atoms with E-state index < -0.39 is 23.2 Å². The molecule has 90 valence electrons. The van der Waals surface area contributed by atoms with Gasteiger partial charge in [0.15, 0.2) is 11.6 Å².